The lowest BCUT2D eigenvalue weighted by Crippen LogP contribution is -2.77. The van der Waals surface area contributed by atoms with Gasteiger partial charge in [-0.25, -0.2) is 0 Å². The van der Waals surface area contributed by atoms with Crippen molar-refractivity contribution in [3.05, 3.63) is 170 Å². The van der Waals surface area contributed by atoms with E-state index in [1.165, 1.54) is 73.8 Å². The summed E-state index contributed by atoms with van der Waals surface area (Å²) in [5, 5.41) is 5.68. The number of para-hydroxylation sites is 2. The minimum Gasteiger partial charge on any atom is -0.310 e. The minimum atomic E-state index is -2.66. The van der Waals surface area contributed by atoms with Crippen LogP contribution in [0.5, 0.6) is 0 Å². The van der Waals surface area contributed by atoms with Crippen molar-refractivity contribution in [3.63, 3.8) is 0 Å². The Morgan fingerprint density at radius 3 is 1.57 bits per heavy atom. The molecule has 0 unspecified atom stereocenters. The van der Waals surface area contributed by atoms with E-state index in [0.717, 1.165) is 0 Å². The number of hydrogen-bond donors (Lipinski definition) is 0. The summed E-state index contributed by atoms with van der Waals surface area (Å²) in [7, 11) is -2.66. The Bertz CT molecular complexity index is 2250. The molecule has 1 nitrogen and oxygen atoms in total. The van der Waals surface area contributed by atoms with Crippen LogP contribution in [0.1, 0.15) is 0 Å². The van der Waals surface area contributed by atoms with Gasteiger partial charge in [0.1, 0.15) is 0 Å². The zero-order valence-electron chi connectivity index (χ0n) is 25.5. The van der Waals surface area contributed by atoms with Crippen molar-refractivity contribution < 1.29 is 0 Å². The van der Waals surface area contributed by atoms with Crippen molar-refractivity contribution in [1.29, 1.82) is 0 Å². The number of hydrogen-bond acceptors (Lipinski definition) is 3. The van der Waals surface area contributed by atoms with E-state index in [9.17, 15) is 0 Å². The summed E-state index contributed by atoms with van der Waals surface area (Å²) in [6.07, 6.45) is 0. The van der Waals surface area contributed by atoms with Crippen molar-refractivity contribution in [2.45, 2.75) is 19.6 Å². The number of fused-ring (bicyclic) bond motifs is 6. The van der Waals surface area contributed by atoms with Crippen LogP contribution in [0.2, 0.25) is 0 Å². The third-order valence-corrected chi connectivity index (χ3v) is 17.3. The molecule has 3 aliphatic heterocycles. The Hall–Kier alpha value is -4.68. The number of nitrogens with zero attached hydrogens (tertiary/aromatic N) is 1. The molecule has 0 spiro atoms. The van der Waals surface area contributed by atoms with E-state index in [0.29, 0.717) is 0 Å². The molecule has 0 saturated carbocycles. The van der Waals surface area contributed by atoms with Gasteiger partial charge in [-0.1, -0.05) is 168 Å². The molecule has 0 N–H and O–H groups in total. The zero-order valence-corrected chi connectivity index (χ0v) is 28.1. The van der Waals surface area contributed by atoms with Gasteiger partial charge in [0.25, 0.3) is 0 Å². The molecule has 5 heteroatoms. The van der Waals surface area contributed by atoms with Gasteiger partial charge >= 0.3 is 0 Å². The fourth-order valence-corrected chi connectivity index (χ4v) is 15.8. The minimum absolute atomic E-state index is 0.215. The molecule has 10 rings (SSSR count). The van der Waals surface area contributed by atoms with Crippen LogP contribution < -0.4 is 42.0 Å². The van der Waals surface area contributed by atoms with Crippen LogP contribution in [0.15, 0.2) is 189 Å². The first kappa shape index (κ1) is 27.4. The summed E-state index contributed by atoms with van der Waals surface area (Å²) in [5.74, 6) is 0. The lowest BCUT2D eigenvalue weighted by atomic mass is 9.36. The molecule has 3 heterocycles. The van der Waals surface area contributed by atoms with E-state index < -0.39 is 8.07 Å². The molecule has 0 atom stereocenters. The maximum atomic E-state index is 2.58. The monoisotopic (exact) mass is 649 g/mol. The Balaban J connectivity index is 1.26. The molecule has 0 amide bonds. The highest BCUT2D eigenvalue weighted by atomic mass is 32.2. The molecule has 0 radical (unpaired) electrons. The van der Waals surface area contributed by atoms with E-state index in [1.807, 2.05) is 23.5 Å². The highest BCUT2D eigenvalue weighted by Crippen LogP contribution is 2.46. The molecule has 7 aromatic carbocycles. The van der Waals surface area contributed by atoms with Gasteiger partial charge in [-0.2, -0.15) is 0 Å². The maximum Gasteiger partial charge on any atom is 0.247 e. The summed E-state index contributed by atoms with van der Waals surface area (Å²) < 4.78 is 0. The molecule has 0 saturated heterocycles. The van der Waals surface area contributed by atoms with Crippen LogP contribution in [0.3, 0.4) is 0 Å². The smallest absolute Gasteiger partial charge is 0.247 e. The molecule has 7 aromatic rings. The molecule has 0 aliphatic carbocycles. The van der Waals surface area contributed by atoms with Gasteiger partial charge in [0.05, 0.1) is 5.69 Å². The fourth-order valence-electron chi connectivity index (χ4n) is 8.23. The quantitative estimate of drug-likeness (QED) is 0.207. The molecular weight excluding hydrogens is 622 g/mol. The number of anilines is 3. The van der Waals surface area contributed by atoms with Gasteiger partial charge in [-0.3, -0.25) is 0 Å². The number of benzene rings is 7. The fraction of sp³-hybridized carbons (Fsp3) is 0. The van der Waals surface area contributed by atoms with Gasteiger partial charge in [0.15, 0.2) is 8.07 Å². The summed E-state index contributed by atoms with van der Waals surface area (Å²) in [5.41, 5.74) is 8.08. The van der Waals surface area contributed by atoms with Gasteiger partial charge in [-0.15, -0.1) is 0 Å². The third-order valence-electron chi connectivity index (χ3n) is 10.1. The average molecular weight is 650 g/mol. The molecule has 47 heavy (non-hydrogen) atoms. The van der Waals surface area contributed by atoms with E-state index in [-0.39, 0.29) is 6.71 Å². The van der Waals surface area contributed by atoms with Crippen molar-refractivity contribution in [2.75, 3.05) is 4.90 Å². The summed E-state index contributed by atoms with van der Waals surface area (Å²) in [4.78, 5) is 8.03. The Labute approximate surface area is 285 Å². The molecule has 0 aromatic heterocycles. The van der Waals surface area contributed by atoms with E-state index in [2.05, 4.69) is 175 Å². The molecule has 0 bridgehead atoms. The normalized spacial score (nSPS) is 14.7. The Morgan fingerprint density at radius 1 is 0.404 bits per heavy atom. The van der Waals surface area contributed by atoms with Crippen LogP contribution >= 0.6 is 23.5 Å². The standard InChI is InChI=1S/C42H28BNS2Si/c1-3-15-29(16-4-1)47(30-17-5-2-6-18-30)39-27-11-8-21-33(39)44(34-22-9-12-28-40(34)47)35-23-13-20-32-42(35)46-38-26-14-25-37-41(38)43(32)31-19-7-10-24-36(31)45-37/h1-28H. The lowest BCUT2D eigenvalue weighted by molar-refractivity contribution is 1.23. The van der Waals surface area contributed by atoms with E-state index in [4.69, 9.17) is 0 Å². The molecule has 0 fully saturated rings. The first-order chi connectivity index (χ1) is 23.3. The van der Waals surface area contributed by atoms with Crippen LogP contribution in [-0.4, -0.2) is 14.8 Å². The second-order valence-electron chi connectivity index (χ2n) is 12.4. The zero-order chi connectivity index (χ0) is 31.0. The Morgan fingerprint density at radius 2 is 0.894 bits per heavy atom. The highest BCUT2D eigenvalue weighted by Gasteiger charge is 2.49. The average Bonchev–Trinajstić information content (AvgIpc) is 3.14. The topological polar surface area (TPSA) is 3.24 Å². The van der Waals surface area contributed by atoms with Crippen molar-refractivity contribution in [2.24, 2.45) is 0 Å². The second-order valence-corrected chi connectivity index (χ2v) is 18.3. The van der Waals surface area contributed by atoms with Gasteiger partial charge in [0, 0.05) is 31.0 Å². The predicted molar refractivity (Wildman–Crippen MR) is 204 cm³/mol. The van der Waals surface area contributed by atoms with E-state index >= 15 is 0 Å². The summed E-state index contributed by atoms with van der Waals surface area (Å²) in [6.45, 7) is 0.215. The molecule has 220 valence electrons. The second kappa shape index (κ2) is 10.7. The van der Waals surface area contributed by atoms with Crippen molar-refractivity contribution >= 4 is 92.5 Å². The number of rotatable bonds is 3. The van der Waals surface area contributed by atoms with Gasteiger partial charge < -0.3 is 4.90 Å². The highest BCUT2D eigenvalue weighted by molar-refractivity contribution is 8.01. The van der Waals surface area contributed by atoms with Crippen molar-refractivity contribution in [1.82, 2.24) is 0 Å². The maximum absolute atomic E-state index is 2.66. The van der Waals surface area contributed by atoms with Gasteiger partial charge in [-0.05, 0) is 62.6 Å². The van der Waals surface area contributed by atoms with E-state index in [1.54, 1.807) is 0 Å². The first-order valence-corrected chi connectivity index (χ1v) is 19.8. The SMILES string of the molecule is c1ccc([Si]2(c3ccccc3)c3ccccc3N(c3cccc4c3Sc3cccc5c3B4c3ccccc3S5)c3ccccc32)cc1. The van der Waals surface area contributed by atoms with Crippen molar-refractivity contribution in [3.8, 4) is 0 Å². The van der Waals surface area contributed by atoms with Crippen LogP contribution in [-0.2, 0) is 0 Å². The Kier molecular flexibility index (Phi) is 6.23. The largest absolute Gasteiger partial charge is 0.310 e. The van der Waals surface area contributed by atoms with Crippen LogP contribution in [0.4, 0.5) is 17.1 Å². The molecule has 3 aliphatic rings. The third kappa shape index (κ3) is 3.88. The summed E-state index contributed by atoms with van der Waals surface area (Å²) in [6, 6.07) is 63.8. The molecular formula is C42H28BNS2Si. The van der Waals surface area contributed by atoms with Crippen LogP contribution in [0.25, 0.3) is 0 Å². The summed E-state index contributed by atoms with van der Waals surface area (Å²) >= 11 is 3.86. The predicted octanol–water partition coefficient (Wildman–Crippen LogP) is 6.29. The van der Waals surface area contributed by atoms with Crippen LogP contribution in [0, 0.1) is 0 Å². The first-order valence-electron chi connectivity index (χ1n) is 16.1. The lowest BCUT2D eigenvalue weighted by Gasteiger charge is -2.45. The van der Waals surface area contributed by atoms with Gasteiger partial charge in [0.2, 0.25) is 6.71 Å².